The Kier molecular flexibility index (Phi) is 4.75. The van der Waals surface area contributed by atoms with Gasteiger partial charge in [-0.25, -0.2) is 4.68 Å². The SMILES string of the molecule is CCN(CC)C(C)(C)C(O)c1cnnn1-c1ccccc1. The standard InChI is InChI=1S/C16H24N4O/c1-5-19(6-2)16(3,4)15(21)14-12-17-18-20(14)13-10-8-7-9-11-13/h7-12,15,21H,5-6H2,1-4H3. The molecular formula is C16H24N4O. The number of nitrogens with zero attached hydrogens (tertiary/aromatic N) is 4. The van der Waals surface area contributed by atoms with E-state index in [1.807, 2.05) is 44.2 Å². The van der Waals surface area contributed by atoms with Crippen molar-refractivity contribution in [1.29, 1.82) is 0 Å². The topological polar surface area (TPSA) is 54.2 Å². The zero-order chi connectivity index (χ0) is 15.5. The number of aliphatic hydroxyl groups excluding tert-OH is 1. The van der Waals surface area contributed by atoms with E-state index in [0.29, 0.717) is 5.69 Å². The number of aliphatic hydroxyl groups is 1. The van der Waals surface area contributed by atoms with Gasteiger partial charge in [0.05, 0.1) is 17.6 Å². The molecule has 1 heterocycles. The van der Waals surface area contributed by atoms with Crippen LogP contribution in [0.4, 0.5) is 0 Å². The molecule has 0 saturated carbocycles. The summed E-state index contributed by atoms with van der Waals surface area (Å²) in [6.45, 7) is 10.1. The summed E-state index contributed by atoms with van der Waals surface area (Å²) in [5.41, 5.74) is 1.22. The molecule has 0 fully saturated rings. The summed E-state index contributed by atoms with van der Waals surface area (Å²) >= 11 is 0. The van der Waals surface area contributed by atoms with Crippen molar-refractivity contribution in [1.82, 2.24) is 19.9 Å². The lowest BCUT2D eigenvalue weighted by molar-refractivity contribution is -0.00991. The van der Waals surface area contributed by atoms with Crippen molar-refractivity contribution in [2.45, 2.75) is 39.3 Å². The Balaban J connectivity index is 2.37. The van der Waals surface area contributed by atoms with Crippen LogP contribution in [0.1, 0.15) is 39.5 Å². The predicted molar refractivity (Wildman–Crippen MR) is 83.3 cm³/mol. The highest BCUT2D eigenvalue weighted by Gasteiger charge is 2.36. The van der Waals surface area contributed by atoms with E-state index in [1.54, 1.807) is 10.9 Å². The first kappa shape index (κ1) is 15.7. The highest BCUT2D eigenvalue weighted by molar-refractivity contribution is 5.32. The molecule has 0 aliphatic carbocycles. The molecule has 21 heavy (non-hydrogen) atoms. The largest absolute Gasteiger partial charge is 0.385 e. The molecule has 1 atom stereocenters. The van der Waals surface area contributed by atoms with Crippen LogP contribution < -0.4 is 0 Å². The molecule has 1 aromatic carbocycles. The molecule has 1 unspecified atom stereocenters. The predicted octanol–water partition coefficient (Wildman–Crippen LogP) is 2.42. The van der Waals surface area contributed by atoms with Gasteiger partial charge in [-0.15, -0.1) is 5.10 Å². The van der Waals surface area contributed by atoms with Crippen LogP contribution in [0.15, 0.2) is 36.5 Å². The quantitative estimate of drug-likeness (QED) is 0.887. The third kappa shape index (κ3) is 2.99. The monoisotopic (exact) mass is 288 g/mol. The van der Waals surface area contributed by atoms with Crippen molar-refractivity contribution < 1.29 is 5.11 Å². The summed E-state index contributed by atoms with van der Waals surface area (Å²) in [5, 5.41) is 19.0. The zero-order valence-corrected chi connectivity index (χ0v) is 13.2. The molecule has 5 heteroatoms. The third-order valence-electron chi connectivity index (χ3n) is 4.10. The maximum Gasteiger partial charge on any atom is 0.115 e. The van der Waals surface area contributed by atoms with Gasteiger partial charge in [-0.2, -0.15) is 0 Å². The van der Waals surface area contributed by atoms with Crippen molar-refractivity contribution in [3.63, 3.8) is 0 Å². The van der Waals surface area contributed by atoms with Crippen molar-refractivity contribution in [2.24, 2.45) is 0 Å². The third-order valence-corrected chi connectivity index (χ3v) is 4.10. The first-order chi connectivity index (χ1) is 10.0. The molecule has 0 bridgehead atoms. The van der Waals surface area contributed by atoms with Crippen LogP contribution in [0, 0.1) is 0 Å². The van der Waals surface area contributed by atoms with Crippen LogP contribution in [0.5, 0.6) is 0 Å². The number of aromatic nitrogens is 3. The number of hydrogen-bond donors (Lipinski definition) is 1. The average Bonchev–Trinajstić information content (AvgIpc) is 2.97. The van der Waals surface area contributed by atoms with E-state index >= 15 is 0 Å². The molecule has 5 nitrogen and oxygen atoms in total. The van der Waals surface area contributed by atoms with Crippen LogP contribution in [-0.4, -0.2) is 43.6 Å². The van der Waals surface area contributed by atoms with Gasteiger partial charge >= 0.3 is 0 Å². The maximum absolute atomic E-state index is 10.9. The van der Waals surface area contributed by atoms with Crippen LogP contribution in [0.25, 0.3) is 5.69 Å². The number of hydrogen-bond acceptors (Lipinski definition) is 4. The number of benzene rings is 1. The molecule has 2 aromatic rings. The Morgan fingerprint density at radius 3 is 2.38 bits per heavy atom. The second kappa shape index (κ2) is 6.37. The van der Waals surface area contributed by atoms with Gasteiger partial charge in [-0.1, -0.05) is 37.3 Å². The minimum Gasteiger partial charge on any atom is -0.385 e. The first-order valence-electron chi connectivity index (χ1n) is 7.41. The van der Waals surface area contributed by atoms with Gasteiger partial charge in [0.1, 0.15) is 6.10 Å². The number of likely N-dealkylation sites (N-methyl/N-ethyl adjacent to an activating group) is 1. The number of para-hydroxylation sites is 1. The molecule has 114 valence electrons. The van der Waals surface area contributed by atoms with Crippen LogP contribution >= 0.6 is 0 Å². The van der Waals surface area contributed by atoms with E-state index in [2.05, 4.69) is 29.1 Å². The summed E-state index contributed by atoms with van der Waals surface area (Å²) in [5.74, 6) is 0. The Hall–Kier alpha value is -1.72. The lowest BCUT2D eigenvalue weighted by Gasteiger charge is -2.40. The van der Waals surface area contributed by atoms with Crippen molar-refractivity contribution in [3.8, 4) is 5.69 Å². The fourth-order valence-corrected chi connectivity index (χ4v) is 2.77. The Bertz CT molecular complexity index is 561. The minimum atomic E-state index is -0.674. The van der Waals surface area contributed by atoms with Gasteiger partial charge in [0, 0.05) is 5.54 Å². The highest BCUT2D eigenvalue weighted by atomic mass is 16.3. The first-order valence-corrected chi connectivity index (χ1v) is 7.41. The Morgan fingerprint density at radius 1 is 1.19 bits per heavy atom. The molecule has 0 radical (unpaired) electrons. The van der Waals surface area contributed by atoms with Crippen molar-refractivity contribution >= 4 is 0 Å². The van der Waals surface area contributed by atoms with Crippen LogP contribution in [-0.2, 0) is 0 Å². The van der Waals surface area contributed by atoms with Crippen LogP contribution in [0.2, 0.25) is 0 Å². The molecule has 2 rings (SSSR count). The van der Waals surface area contributed by atoms with Gasteiger partial charge in [-0.3, -0.25) is 4.90 Å². The molecule has 0 aliphatic heterocycles. The second-order valence-electron chi connectivity index (χ2n) is 5.63. The summed E-state index contributed by atoms with van der Waals surface area (Å²) in [6.07, 6.45) is 0.968. The van der Waals surface area contributed by atoms with Crippen molar-refractivity contribution in [2.75, 3.05) is 13.1 Å². The molecule has 1 aromatic heterocycles. The fourth-order valence-electron chi connectivity index (χ4n) is 2.77. The summed E-state index contributed by atoms with van der Waals surface area (Å²) in [7, 11) is 0. The lowest BCUT2D eigenvalue weighted by atomic mass is 9.92. The van der Waals surface area contributed by atoms with Gasteiger partial charge in [0.2, 0.25) is 0 Å². The molecule has 0 spiro atoms. The number of rotatable bonds is 6. The van der Waals surface area contributed by atoms with E-state index in [-0.39, 0.29) is 0 Å². The molecule has 0 amide bonds. The Labute approximate surface area is 126 Å². The molecular weight excluding hydrogens is 264 g/mol. The van der Waals surface area contributed by atoms with Gasteiger partial charge < -0.3 is 5.11 Å². The van der Waals surface area contributed by atoms with Crippen molar-refractivity contribution in [3.05, 3.63) is 42.2 Å². The normalized spacial score (nSPS) is 13.6. The smallest absolute Gasteiger partial charge is 0.115 e. The van der Waals surface area contributed by atoms with Gasteiger partial charge in [-0.05, 0) is 39.1 Å². The Morgan fingerprint density at radius 2 is 1.81 bits per heavy atom. The molecule has 0 aliphatic rings. The minimum absolute atomic E-state index is 0.391. The van der Waals surface area contributed by atoms with Crippen LogP contribution in [0.3, 0.4) is 0 Å². The van der Waals surface area contributed by atoms with E-state index < -0.39 is 11.6 Å². The van der Waals surface area contributed by atoms with E-state index in [0.717, 1.165) is 18.8 Å². The van der Waals surface area contributed by atoms with E-state index in [4.69, 9.17) is 0 Å². The molecule has 0 saturated heterocycles. The second-order valence-corrected chi connectivity index (χ2v) is 5.63. The summed E-state index contributed by atoms with van der Waals surface area (Å²) in [4.78, 5) is 2.24. The maximum atomic E-state index is 10.9. The average molecular weight is 288 g/mol. The van der Waals surface area contributed by atoms with Gasteiger partial charge in [0.15, 0.2) is 0 Å². The fraction of sp³-hybridized carbons (Fsp3) is 0.500. The lowest BCUT2D eigenvalue weighted by Crippen LogP contribution is -2.48. The van der Waals surface area contributed by atoms with E-state index in [1.165, 1.54) is 0 Å². The zero-order valence-electron chi connectivity index (χ0n) is 13.2. The molecule has 1 N–H and O–H groups in total. The van der Waals surface area contributed by atoms with E-state index in [9.17, 15) is 5.11 Å². The summed E-state index contributed by atoms with van der Waals surface area (Å²) < 4.78 is 1.70. The van der Waals surface area contributed by atoms with Gasteiger partial charge in [0.25, 0.3) is 0 Å². The summed E-state index contributed by atoms with van der Waals surface area (Å²) in [6, 6.07) is 9.76. The highest BCUT2D eigenvalue weighted by Crippen LogP contribution is 2.31.